The maximum absolute atomic E-state index is 12.2. The van der Waals surface area contributed by atoms with E-state index in [0.29, 0.717) is 12.8 Å². The number of likely N-dealkylation sites (N-methyl/N-ethyl adjacent to an activating group) is 2. The molecule has 0 heterocycles. The first-order valence-electron chi connectivity index (χ1n) is 7.17. The lowest BCUT2D eigenvalue weighted by Gasteiger charge is -2.29. The van der Waals surface area contributed by atoms with Crippen LogP contribution in [0.25, 0.3) is 0 Å². The van der Waals surface area contributed by atoms with Gasteiger partial charge in [0, 0.05) is 14.1 Å². The highest BCUT2D eigenvalue weighted by molar-refractivity contribution is 5.90. The normalized spacial score (nSPS) is 13.7. The van der Waals surface area contributed by atoms with Gasteiger partial charge in [-0.2, -0.15) is 0 Å². The van der Waals surface area contributed by atoms with Crippen LogP contribution in [0.15, 0.2) is 0 Å². The van der Waals surface area contributed by atoms with Crippen molar-refractivity contribution in [3.63, 3.8) is 0 Å². The predicted octanol–water partition coefficient (Wildman–Crippen LogP) is -0.459. The van der Waals surface area contributed by atoms with Crippen LogP contribution in [0.2, 0.25) is 0 Å². The second-order valence-corrected chi connectivity index (χ2v) is 5.76. The van der Waals surface area contributed by atoms with Gasteiger partial charge in [-0.15, -0.1) is 0 Å². The van der Waals surface area contributed by atoms with Crippen LogP contribution in [0.1, 0.15) is 33.6 Å². The molecule has 21 heavy (non-hydrogen) atoms. The molecule has 0 aliphatic carbocycles. The molecule has 0 aromatic heterocycles. The fourth-order valence-electron chi connectivity index (χ4n) is 1.94. The molecule has 0 aliphatic heterocycles. The first-order valence-corrected chi connectivity index (χ1v) is 7.17. The smallest absolute Gasteiger partial charge is 0.242 e. The molecule has 0 saturated carbocycles. The van der Waals surface area contributed by atoms with Gasteiger partial charge in [-0.25, -0.2) is 0 Å². The Labute approximate surface area is 126 Å². The van der Waals surface area contributed by atoms with Crippen molar-refractivity contribution >= 4 is 17.7 Å². The highest BCUT2D eigenvalue weighted by atomic mass is 16.2. The Hall–Kier alpha value is -1.63. The van der Waals surface area contributed by atoms with E-state index in [2.05, 4.69) is 0 Å². The largest absolute Gasteiger partial charge is 0.368 e. The lowest BCUT2D eigenvalue weighted by Crippen LogP contribution is -2.51. The van der Waals surface area contributed by atoms with E-state index in [0.717, 1.165) is 0 Å². The van der Waals surface area contributed by atoms with E-state index in [-0.39, 0.29) is 24.3 Å². The molecule has 0 unspecified atom stereocenters. The third kappa shape index (κ3) is 6.12. The Morgan fingerprint density at radius 3 is 2.05 bits per heavy atom. The van der Waals surface area contributed by atoms with Crippen molar-refractivity contribution in [3.8, 4) is 0 Å². The van der Waals surface area contributed by atoms with E-state index in [4.69, 9.17) is 11.5 Å². The Morgan fingerprint density at radius 1 is 1.14 bits per heavy atom. The monoisotopic (exact) mass is 300 g/mol. The number of hydrogen-bond donors (Lipinski definition) is 2. The number of carbonyl (C=O) groups excluding carboxylic acids is 3. The number of nitrogens with zero attached hydrogens (tertiary/aromatic N) is 2. The summed E-state index contributed by atoms with van der Waals surface area (Å²) in [6.45, 7) is 5.58. The first kappa shape index (κ1) is 19.4. The number of hydrogen-bond acceptors (Lipinski definition) is 4. The second-order valence-electron chi connectivity index (χ2n) is 5.76. The Morgan fingerprint density at radius 2 is 1.67 bits per heavy atom. The van der Waals surface area contributed by atoms with E-state index in [1.165, 1.54) is 23.9 Å². The number of amides is 3. The van der Waals surface area contributed by atoms with Crippen LogP contribution < -0.4 is 11.5 Å². The van der Waals surface area contributed by atoms with E-state index in [1.54, 1.807) is 6.92 Å². The molecule has 3 amide bonds. The van der Waals surface area contributed by atoms with Crippen LogP contribution in [-0.4, -0.2) is 60.2 Å². The molecule has 0 aliphatic rings. The topological polar surface area (TPSA) is 110 Å². The number of nitrogens with two attached hydrogens (primary N) is 2. The SMILES string of the molecule is CC[C@H](N)C(=O)N(C)CC(=O)N(C)[C@@H](CC(C)C)C(N)=O. The lowest BCUT2D eigenvalue weighted by atomic mass is 10.0. The van der Waals surface area contributed by atoms with Gasteiger partial charge in [-0.05, 0) is 18.8 Å². The van der Waals surface area contributed by atoms with E-state index < -0.39 is 18.0 Å². The highest BCUT2D eigenvalue weighted by Crippen LogP contribution is 2.10. The summed E-state index contributed by atoms with van der Waals surface area (Å²) in [5, 5.41) is 0. The van der Waals surface area contributed by atoms with Gasteiger partial charge < -0.3 is 21.3 Å². The van der Waals surface area contributed by atoms with Crippen LogP contribution in [0.5, 0.6) is 0 Å². The summed E-state index contributed by atoms with van der Waals surface area (Å²) >= 11 is 0. The summed E-state index contributed by atoms with van der Waals surface area (Å²) in [6.07, 6.45) is 0.994. The predicted molar refractivity (Wildman–Crippen MR) is 81.1 cm³/mol. The third-order valence-corrected chi connectivity index (χ3v) is 3.39. The maximum Gasteiger partial charge on any atom is 0.242 e. The number of rotatable bonds is 8. The zero-order chi connectivity index (χ0) is 16.7. The van der Waals surface area contributed by atoms with Gasteiger partial charge in [-0.3, -0.25) is 14.4 Å². The summed E-state index contributed by atoms with van der Waals surface area (Å²) < 4.78 is 0. The molecule has 0 aromatic carbocycles. The molecule has 4 N–H and O–H groups in total. The van der Waals surface area contributed by atoms with Crippen LogP contribution >= 0.6 is 0 Å². The van der Waals surface area contributed by atoms with Gasteiger partial charge >= 0.3 is 0 Å². The Kier molecular flexibility index (Phi) is 7.94. The molecule has 122 valence electrons. The van der Waals surface area contributed by atoms with Crippen molar-refractivity contribution in [2.45, 2.75) is 45.7 Å². The van der Waals surface area contributed by atoms with Crippen molar-refractivity contribution < 1.29 is 14.4 Å². The number of primary amides is 1. The van der Waals surface area contributed by atoms with E-state index >= 15 is 0 Å². The molecule has 0 bridgehead atoms. The van der Waals surface area contributed by atoms with Gasteiger partial charge in [0.1, 0.15) is 6.04 Å². The van der Waals surface area contributed by atoms with E-state index in [9.17, 15) is 14.4 Å². The molecular formula is C14H28N4O3. The standard InChI is InChI=1S/C14H28N4O3/c1-6-10(15)14(21)17(4)8-12(19)18(5)11(13(16)20)7-9(2)3/h9-11H,6-8,15H2,1-5H3,(H2,16,20)/t10-,11-/m0/s1. The molecule has 0 radical (unpaired) electrons. The van der Waals surface area contributed by atoms with Gasteiger partial charge in [0.2, 0.25) is 17.7 Å². The fraction of sp³-hybridized carbons (Fsp3) is 0.786. The molecule has 2 atom stereocenters. The van der Waals surface area contributed by atoms with Crippen LogP contribution in [0, 0.1) is 5.92 Å². The van der Waals surface area contributed by atoms with Crippen molar-refractivity contribution in [1.82, 2.24) is 9.80 Å². The highest BCUT2D eigenvalue weighted by Gasteiger charge is 2.27. The third-order valence-electron chi connectivity index (χ3n) is 3.39. The Bertz CT molecular complexity index is 384. The minimum absolute atomic E-state index is 0.120. The molecule has 7 nitrogen and oxygen atoms in total. The Balaban J connectivity index is 4.75. The van der Waals surface area contributed by atoms with Crippen molar-refractivity contribution in [3.05, 3.63) is 0 Å². The molecule has 0 aromatic rings. The number of carbonyl (C=O) groups is 3. The van der Waals surface area contributed by atoms with Gasteiger partial charge in [0.15, 0.2) is 0 Å². The van der Waals surface area contributed by atoms with Crippen LogP contribution in [0.4, 0.5) is 0 Å². The van der Waals surface area contributed by atoms with Crippen LogP contribution in [0.3, 0.4) is 0 Å². The molecule has 7 heteroatoms. The zero-order valence-electron chi connectivity index (χ0n) is 13.6. The summed E-state index contributed by atoms with van der Waals surface area (Å²) in [7, 11) is 3.05. The average Bonchev–Trinajstić information content (AvgIpc) is 2.41. The van der Waals surface area contributed by atoms with Crippen LogP contribution in [-0.2, 0) is 14.4 Å². The van der Waals surface area contributed by atoms with Gasteiger partial charge in [0.25, 0.3) is 0 Å². The fourth-order valence-corrected chi connectivity index (χ4v) is 1.94. The minimum atomic E-state index is -0.666. The molecule has 0 saturated heterocycles. The van der Waals surface area contributed by atoms with Gasteiger partial charge in [0.05, 0.1) is 12.6 Å². The maximum atomic E-state index is 12.2. The van der Waals surface area contributed by atoms with Crippen molar-refractivity contribution in [1.29, 1.82) is 0 Å². The molecular weight excluding hydrogens is 272 g/mol. The second kappa shape index (κ2) is 8.61. The molecule has 0 rings (SSSR count). The summed E-state index contributed by atoms with van der Waals surface area (Å²) in [5.41, 5.74) is 11.0. The summed E-state index contributed by atoms with van der Waals surface area (Å²) in [6, 6.07) is -1.28. The molecule has 0 fully saturated rings. The molecule has 0 spiro atoms. The summed E-state index contributed by atoms with van der Waals surface area (Å²) in [4.78, 5) is 38.1. The lowest BCUT2D eigenvalue weighted by molar-refractivity contribution is -0.143. The van der Waals surface area contributed by atoms with Crippen molar-refractivity contribution in [2.75, 3.05) is 20.6 Å². The summed E-state index contributed by atoms with van der Waals surface area (Å²) in [5.74, 6) is -0.943. The van der Waals surface area contributed by atoms with Crippen molar-refractivity contribution in [2.24, 2.45) is 17.4 Å². The van der Waals surface area contributed by atoms with E-state index in [1.807, 2.05) is 13.8 Å². The van der Waals surface area contributed by atoms with Gasteiger partial charge in [-0.1, -0.05) is 20.8 Å². The minimum Gasteiger partial charge on any atom is -0.368 e. The first-order chi connectivity index (χ1) is 9.61. The zero-order valence-corrected chi connectivity index (χ0v) is 13.6. The quantitative estimate of drug-likeness (QED) is 0.632. The average molecular weight is 300 g/mol.